The predicted octanol–water partition coefficient (Wildman–Crippen LogP) is 1.63. The van der Waals surface area contributed by atoms with Gasteiger partial charge >= 0.3 is 5.97 Å². The van der Waals surface area contributed by atoms with Crippen LogP contribution in [0.1, 0.15) is 18.4 Å². The van der Waals surface area contributed by atoms with Crippen molar-refractivity contribution in [3.63, 3.8) is 0 Å². The highest BCUT2D eigenvalue weighted by Crippen LogP contribution is 2.26. The van der Waals surface area contributed by atoms with Crippen LogP contribution in [0, 0.1) is 0 Å². The van der Waals surface area contributed by atoms with Gasteiger partial charge in [-0.1, -0.05) is 17.7 Å². The van der Waals surface area contributed by atoms with Crippen LogP contribution in [0.15, 0.2) is 18.2 Å². The lowest BCUT2D eigenvalue weighted by Crippen LogP contribution is -2.26. The molecular formula is C12H16ClNO5S. The Balaban J connectivity index is 2.64. The van der Waals surface area contributed by atoms with Gasteiger partial charge in [0.05, 0.1) is 12.9 Å². The van der Waals surface area contributed by atoms with Crippen LogP contribution < -0.4 is 9.46 Å². The predicted molar refractivity (Wildman–Crippen MR) is 75.5 cm³/mol. The van der Waals surface area contributed by atoms with E-state index in [-0.39, 0.29) is 25.1 Å². The molecule has 0 heterocycles. The quantitative estimate of drug-likeness (QED) is 0.759. The Kier molecular flexibility index (Phi) is 6.25. The first kappa shape index (κ1) is 16.7. The third kappa shape index (κ3) is 5.36. The van der Waals surface area contributed by atoms with Crippen LogP contribution in [0.2, 0.25) is 5.02 Å². The van der Waals surface area contributed by atoms with Crippen LogP contribution in [0.5, 0.6) is 5.75 Å². The molecule has 0 saturated heterocycles. The molecule has 0 radical (unpaired) electrons. The molecular weight excluding hydrogens is 306 g/mol. The number of carbonyl (C=O) groups is 1. The molecule has 1 rings (SSSR count). The van der Waals surface area contributed by atoms with E-state index in [9.17, 15) is 13.2 Å². The van der Waals surface area contributed by atoms with Gasteiger partial charge in [0.1, 0.15) is 5.75 Å². The number of aliphatic carboxylic acids is 1. The Morgan fingerprint density at radius 1 is 1.45 bits per heavy atom. The summed E-state index contributed by atoms with van der Waals surface area (Å²) in [6.45, 7) is -0.00173. The van der Waals surface area contributed by atoms with Crippen molar-refractivity contribution in [1.29, 1.82) is 0 Å². The van der Waals surface area contributed by atoms with Gasteiger partial charge in [0.25, 0.3) is 0 Å². The molecule has 0 unspecified atom stereocenters. The van der Waals surface area contributed by atoms with E-state index in [1.54, 1.807) is 18.2 Å². The molecule has 0 aliphatic rings. The van der Waals surface area contributed by atoms with Crippen molar-refractivity contribution in [3.8, 4) is 5.75 Å². The largest absolute Gasteiger partial charge is 0.496 e. The lowest BCUT2D eigenvalue weighted by atomic mass is 10.2. The van der Waals surface area contributed by atoms with Gasteiger partial charge in [-0.25, -0.2) is 13.1 Å². The number of hydrogen-bond acceptors (Lipinski definition) is 4. The minimum absolute atomic E-state index is 0.00173. The van der Waals surface area contributed by atoms with E-state index in [1.807, 2.05) is 0 Å². The minimum Gasteiger partial charge on any atom is -0.496 e. The summed E-state index contributed by atoms with van der Waals surface area (Å²) in [6, 6.07) is 5.02. The number of methoxy groups -OCH3 is 1. The van der Waals surface area contributed by atoms with Crippen molar-refractivity contribution < 1.29 is 23.1 Å². The molecule has 0 atom stereocenters. The van der Waals surface area contributed by atoms with E-state index in [2.05, 4.69) is 4.72 Å². The molecule has 0 amide bonds. The van der Waals surface area contributed by atoms with Crippen molar-refractivity contribution in [2.75, 3.05) is 12.9 Å². The number of nitrogens with one attached hydrogen (secondary N) is 1. The summed E-state index contributed by atoms with van der Waals surface area (Å²) in [6.07, 6.45) is -0.124. The molecule has 0 saturated carbocycles. The Bertz CT molecular complexity index is 573. The zero-order valence-corrected chi connectivity index (χ0v) is 12.5. The number of benzene rings is 1. The molecule has 0 spiro atoms. The topological polar surface area (TPSA) is 92.7 Å². The minimum atomic E-state index is -3.54. The molecule has 0 fully saturated rings. The van der Waals surface area contributed by atoms with Crippen molar-refractivity contribution >= 4 is 27.6 Å². The maximum Gasteiger partial charge on any atom is 0.303 e. The summed E-state index contributed by atoms with van der Waals surface area (Å²) in [7, 11) is -2.08. The first-order valence-corrected chi connectivity index (χ1v) is 7.89. The molecule has 1 aromatic carbocycles. The Morgan fingerprint density at radius 2 is 2.15 bits per heavy atom. The fourth-order valence-corrected chi connectivity index (χ4v) is 2.84. The van der Waals surface area contributed by atoms with E-state index in [4.69, 9.17) is 21.4 Å². The molecule has 6 nitrogen and oxygen atoms in total. The lowest BCUT2D eigenvalue weighted by Gasteiger charge is -2.11. The fourth-order valence-electron chi connectivity index (χ4n) is 1.57. The van der Waals surface area contributed by atoms with Gasteiger partial charge in [0.15, 0.2) is 0 Å². The normalized spacial score (nSPS) is 11.3. The van der Waals surface area contributed by atoms with Crippen LogP contribution in [0.3, 0.4) is 0 Å². The molecule has 2 N–H and O–H groups in total. The third-order valence-corrected chi connectivity index (χ3v) is 4.33. The first-order chi connectivity index (χ1) is 9.35. The van der Waals surface area contributed by atoms with E-state index >= 15 is 0 Å². The standard InChI is InChI=1S/C12H16ClNO5S/c1-19-11-5-2-4-10(13)9(11)8-14-20(17,18)7-3-6-12(15)16/h2,4-5,14H,3,6-8H2,1H3,(H,15,16). The van der Waals surface area contributed by atoms with Gasteiger partial charge in [0, 0.05) is 23.6 Å². The average Bonchev–Trinajstić information content (AvgIpc) is 2.36. The number of ether oxygens (including phenoxy) is 1. The second-order valence-electron chi connectivity index (χ2n) is 4.06. The summed E-state index contributed by atoms with van der Waals surface area (Å²) in [4.78, 5) is 10.3. The molecule has 0 bridgehead atoms. The van der Waals surface area contributed by atoms with E-state index < -0.39 is 16.0 Å². The summed E-state index contributed by atoms with van der Waals surface area (Å²) in [5.41, 5.74) is 0.540. The highest BCUT2D eigenvalue weighted by molar-refractivity contribution is 7.89. The van der Waals surface area contributed by atoms with Gasteiger partial charge in [0.2, 0.25) is 10.0 Å². The molecule has 20 heavy (non-hydrogen) atoms. The molecule has 0 aliphatic carbocycles. The number of hydrogen-bond donors (Lipinski definition) is 2. The fraction of sp³-hybridized carbons (Fsp3) is 0.417. The number of rotatable bonds is 8. The van der Waals surface area contributed by atoms with E-state index in [0.717, 1.165) is 0 Å². The Morgan fingerprint density at radius 3 is 2.75 bits per heavy atom. The van der Waals surface area contributed by atoms with Crippen molar-refractivity contribution in [2.24, 2.45) is 0 Å². The smallest absolute Gasteiger partial charge is 0.303 e. The highest BCUT2D eigenvalue weighted by atomic mass is 35.5. The van der Waals surface area contributed by atoms with Crippen molar-refractivity contribution in [2.45, 2.75) is 19.4 Å². The van der Waals surface area contributed by atoms with Crippen LogP contribution in [-0.2, 0) is 21.4 Å². The number of halogens is 1. The number of sulfonamides is 1. The summed E-state index contributed by atoms with van der Waals surface area (Å²) in [5, 5.41) is 8.87. The van der Waals surface area contributed by atoms with Crippen LogP contribution in [-0.4, -0.2) is 32.4 Å². The second kappa shape index (κ2) is 7.47. The van der Waals surface area contributed by atoms with Gasteiger partial charge < -0.3 is 9.84 Å². The van der Waals surface area contributed by atoms with Gasteiger partial charge in [-0.3, -0.25) is 4.79 Å². The number of carboxylic acids is 1. The first-order valence-electron chi connectivity index (χ1n) is 5.86. The Hall–Kier alpha value is -1.31. The van der Waals surface area contributed by atoms with Gasteiger partial charge in [-0.05, 0) is 18.6 Å². The summed E-state index contributed by atoms with van der Waals surface area (Å²) in [5.74, 6) is -0.773. The highest BCUT2D eigenvalue weighted by Gasteiger charge is 2.14. The molecule has 0 aliphatic heterocycles. The maximum atomic E-state index is 11.7. The van der Waals surface area contributed by atoms with E-state index in [1.165, 1.54) is 7.11 Å². The average molecular weight is 322 g/mol. The zero-order chi connectivity index (χ0) is 15.2. The molecule has 112 valence electrons. The van der Waals surface area contributed by atoms with Gasteiger partial charge in [-0.15, -0.1) is 0 Å². The maximum absolute atomic E-state index is 11.7. The third-order valence-electron chi connectivity index (χ3n) is 2.57. The Labute approximate surface area is 122 Å². The van der Waals surface area contributed by atoms with E-state index in [0.29, 0.717) is 16.3 Å². The summed E-state index contributed by atoms with van der Waals surface area (Å²) < 4.78 is 30.9. The molecule has 0 aromatic heterocycles. The van der Waals surface area contributed by atoms with Crippen LogP contribution >= 0.6 is 11.6 Å². The zero-order valence-electron chi connectivity index (χ0n) is 10.9. The summed E-state index contributed by atoms with van der Waals surface area (Å²) >= 11 is 5.99. The second-order valence-corrected chi connectivity index (χ2v) is 6.39. The van der Waals surface area contributed by atoms with Crippen LogP contribution in [0.25, 0.3) is 0 Å². The van der Waals surface area contributed by atoms with Gasteiger partial charge in [-0.2, -0.15) is 0 Å². The molecule has 8 heteroatoms. The van der Waals surface area contributed by atoms with Crippen molar-refractivity contribution in [1.82, 2.24) is 4.72 Å². The van der Waals surface area contributed by atoms with Crippen LogP contribution in [0.4, 0.5) is 0 Å². The number of carboxylic acid groups (broad SMARTS) is 1. The lowest BCUT2D eigenvalue weighted by molar-refractivity contribution is -0.137. The monoisotopic (exact) mass is 321 g/mol. The van der Waals surface area contributed by atoms with Crippen molar-refractivity contribution in [3.05, 3.63) is 28.8 Å². The molecule has 1 aromatic rings. The SMILES string of the molecule is COc1cccc(Cl)c1CNS(=O)(=O)CCCC(=O)O.